The van der Waals surface area contributed by atoms with Gasteiger partial charge < -0.3 is 5.32 Å². The highest BCUT2D eigenvalue weighted by Gasteiger charge is 2.18. The van der Waals surface area contributed by atoms with E-state index >= 15 is 0 Å². The molecule has 0 aliphatic heterocycles. The van der Waals surface area contributed by atoms with Gasteiger partial charge in [0.25, 0.3) is 15.0 Å². The largest absolute Gasteiger partial charge is 0.344 e. The molecule has 10 heteroatoms. The van der Waals surface area contributed by atoms with Crippen molar-refractivity contribution in [2.24, 2.45) is 0 Å². The first-order chi connectivity index (χ1) is 8.88. The highest BCUT2D eigenvalue weighted by Crippen LogP contribution is 2.28. The third kappa shape index (κ3) is 3.50. The van der Waals surface area contributed by atoms with Gasteiger partial charge in [0.05, 0.1) is 12.2 Å². The van der Waals surface area contributed by atoms with Gasteiger partial charge in [0.15, 0.2) is 0 Å². The Balaban J connectivity index is 2.10. The minimum atomic E-state index is -3.73. The lowest BCUT2D eigenvalue weighted by atomic mass is 10.2. The third-order valence-electron chi connectivity index (χ3n) is 2.20. The second-order valence-corrected chi connectivity index (χ2v) is 8.27. The number of carbonyl (C=O) groups excluding carboxylic acids is 1. The molecule has 0 aliphatic carbocycles. The van der Waals surface area contributed by atoms with Gasteiger partial charge in [-0.25, -0.2) is 8.42 Å². The number of rotatable bonds is 4. The van der Waals surface area contributed by atoms with Gasteiger partial charge in [0, 0.05) is 15.6 Å². The molecule has 0 spiro atoms. The van der Waals surface area contributed by atoms with Gasteiger partial charge in [0.1, 0.15) is 9.09 Å². The first-order valence-corrected chi connectivity index (χ1v) is 8.90. The Bertz CT molecular complexity index is 681. The van der Waals surface area contributed by atoms with Crippen LogP contribution in [0.5, 0.6) is 0 Å². The Morgan fingerprint density at radius 2 is 2.21 bits per heavy atom. The summed E-state index contributed by atoms with van der Waals surface area (Å²) in [6.45, 7) is 1.75. The van der Waals surface area contributed by atoms with E-state index in [1.54, 1.807) is 13.0 Å². The van der Waals surface area contributed by atoms with E-state index in [-0.39, 0.29) is 16.2 Å². The van der Waals surface area contributed by atoms with Crippen LogP contribution in [-0.4, -0.2) is 23.9 Å². The van der Waals surface area contributed by atoms with E-state index in [0.29, 0.717) is 9.75 Å². The number of aromatic nitrogens is 2. The SMILES string of the molecule is CC(NC(=O)c1cnns1)c1ccc(S(=O)(=O)Cl)s1. The van der Waals surface area contributed by atoms with Crippen LogP contribution in [0.15, 0.2) is 22.5 Å². The number of carbonyl (C=O) groups is 1. The molecule has 0 aromatic carbocycles. The van der Waals surface area contributed by atoms with Crippen molar-refractivity contribution < 1.29 is 13.2 Å². The molecular formula is C9H8ClN3O3S3. The van der Waals surface area contributed by atoms with Crippen LogP contribution in [-0.2, 0) is 9.05 Å². The Morgan fingerprint density at radius 1 is 1.47 bits per heavy atom. The van der Waals surface area contributed by atoms with Gasteiger partial charge >= 0.3 is 0 Å². The maximum absolute atomic E-state index is 11.8. The quantitative estimate of drug-likeness (QED) is 0.862. The summed E-state index contributed by atoms with van der Waals surface area (Å²) in [6.07, 6.45) is 1.37. The Hall–Kier alpha value is -1.03. The van der Waals surface area contributed by atoms with Crippen LogP contribution < -0.4 is 5.32 Å². The maximum atomic E-state index is 11.8. The molecule has 102 valence electrons. The standard InChI is InChI=1S/C9H8ClN3O3S3/c1-5(12-9(14)7-4-11-13-18-7)6-2-3-8(17-6)19(10,15)16/h2-5H,1H3,(H,12,14). The summed E-state index contributed by atoms with van der Waals surface area (Å²) >= 11 is 2.02. The number of nitrogens with one attached hydrogen (secondary N) is 1. The molecule has 19 heavy (non-hydrogen) atoms. The molecule has 1 amide bonds. The summed E-state index contributed by atoms with van der Waals surface area (Å²) in [5, 5.41) is 6.30. The fourth-order valence-corrected chi connectivity index (χ4v) is 3.82. The molecule has 0 aliphatic rings. The van der Waals surface area contributed by atoms with Crippen molar-refractivity contribution in [1.29, 1.82) is 0 Å². The second kappa shape index (κ2) is 5.53. The van der Waals surface area contributed by atoms with E-state index in [1.807, 2.05) is 0 Å². The Kier molecular flexibility index (Phi) is 4.19. The lowest BCUT2D eigenvalue weighted by Gasteiger charge is -2.10. The zero-order valence-electron chi connectivity index (χ0n) is 9.53. The van der Waals surface area contributed by atoms with E-state index in [1.165, 1.54) is 12.3 Å². The van der Waals surface area contributed by atoms with Crippen LogP contribution in [0.25, 0.3) is 0 Å². The van der Waals surface area contributed by atoms with Crippen molar-refractivity contribution >= 4 is 48.5 Å². The fraction of sp³-hybridized carbons (Fsp3) is 0.222. The van der Waals surface area contributed by atoms with Crippen molar-refractivity contribution in [2.75, 3.05) is 0 Å². The lowest BCUT2D eigenvalue weighted by molar-refractivity contribution is 0.0944. The molecule has 2 rings (SSSR count). The number of hydrogen-bond donors (Lipinski definition) is 1. The van der Waals surface area contributed by atoms with Crippen molar-refractivity contribution in [3.05, 3.63) is 28.1 Å². The second-order valence-electron chi connectivity index (χ2n) is 3.57. The molecule has 1 N–H and O–H groups in total. The molecule has 2 heterocycles. The van der Waals surface area contributed by atoms with Crippen LogP contribution in [0.2, 0.25) is 0 Å². The maximum Gasteiger partial charge on any atom is 0.270 e. The zero-order chi connectivity index (χ0) is 14.0. The zero-order valence-corrected chi connectivity index (χ0v) is 12.7. The van der Waals surface area contributed by atoms with Crippen LogP contribution in [0, 0.1) is 0 Å². The van der Waals surface area contributed by atoms with E-state index in [9.17, 15) is 13.2 Å². The molecule has 0 fully saturated rings. The van der Waals surface area contributed by atoms with Crippen molar-refractivity contribution in [3.63, 3.8) is 0 Å². The number of thiophene rings is 1. The molecule has 2 aromatic heterocycles. The Morgan fingerprint density at radius 3 is 2.74 bits per heavy atom. The minimum absolute atomic E-state index is 0.0599. The highest BCUT2D eigenvalue weighted by molar-refractivity contribution is 8.15. The van der Waals surface area contributed by atoms with Gasteiger partial charge in [-0.1, -0.05) is 4.49 Å². The van der Waals surface area contributed by atoms with Gasteiger partial charge in [-0.2, -0.15) is 0 Å². The summed E-state index contributed by atoms with van der Waals surface area (Å²) in [7, 11) is 1.52. The van der Waals surface area contributed by atoms with Gasteiger partial charge in [-0.3, -0.25) is 4.79 Å². The van der Waals surface area contributed by atoms with Gasteiger partial charge in [0.2, 0.25) is 0 Å². The van der Waals surface area contributed by atoms with E-state index < -0.39 is 9.05 Å². The van der Waals surface area contributed by atoms with Crippen molar-refractivity contribution in [1.82, 2.24) is 14.9 Å². The number of amides is 1. The normalized spacial score (nSPS) is 13.2. The predicted octanol–water partition coefficient (Wildman–Crippen LogP) is 2.02. The van der Waals surface area contributed by atoms with E-state index in [0.717, 1.165) is 22.9 Å². The van der Waals surface area contributed by atoms with Crippen molar-refractivity contribution in [3.8, 4) is 0 Å². The number of nitrogens with zero attached hydrogens (tertiary/aromatic N) is 2. The minimum Gasteiger partial charge on any atom is -0.344 e. The topological polar surface area (TPSA) is 89.0 Å². The molecule has 1 atom stereocenters. The molecular weight excluding hydrogens is 330 g/mol. The average molecular weight is 338 g/mol. The summed E-state index contributed by atoms with van der Waals surface area (Å²) in [5.41, 5.74) is 0. The molecule has 2 aromatic rings. The van der Waals surface area contributed by atoms with E-state index in [2.05, 4.69) is 14.9 Å². The summed E-state index contributed by atoms with van der Waals surface area (Å²) in [4.78, 5) is 12.9. The molecule has 1 unspecified atom stereocenters. The average Bonchev–Trinajstić information content (AvgIpc) is 3.00. The highest BCUT2D eigenvalue weighted by atomic mass is 35.7. The molecule has 0 radical (unpaired) electrons. The van der Waals surface area contributed by atoms with Gasteiger partial charge in [-0.15, -0.1) is 16.4 Å². The first-order valence-electron chi connectivity index (χ1n) is 5.00. The number of hydrogen-bond acceptors (Lipinski definition) is 7. The molecule has 0 bridgehead atoms. The lowest BCUT2D eigenvalue weighted by Crippen LogP contribution is -2.25. The van der Waals surface area contributed by atoms with Crippen molar-refractivity contribution in [2.45, 2.75) is 17.2 Å². The van der Waals surface area contributed by atoms with Crippen LogP contribution in [0.1, 0.15) is 27.5 Å². The predicted molar refractivity (Wildman–Crippen MR) is 73.1 cm³/mol. The Labute approximate surface area is 122 Å². The fourth-order valence-electron chi connectivity index (χ4n) is 1.30. The third-order valence-corrected chi connectivity index (χ3v) is 6.23. The molecule has 0 saturated heterocycles. The molecule has 6 nitrogen and oxygen atoms in total. The van der Waals surface area contributed by atoms with Gasteiger partial charge in [-0.05, 0) is 30.6 Å². The van der Waals surface area contributed by atoms with E-state index in [4.69, 9.17) is 10.7 Å². The monoisotopic (exact) mass is 337 g/mol. The summed E-state index contributed by atoms with van der Waals surface area (Å²) in [6, 6.07) is 2.71. The van der Waals surface area contributed by atoms with Crippen LogP contribution in [0.3, 0.4) is 0 Å². The first kappa shape index (κ1) is 14.4. The summed E-state index contributed by atoms with van der Waals surface area (Å²) in [5.74, 6) is -0.300. The van der Waals surface area contributed by atoms with Crippen LogP contribution in [0.4, 0.5) is 0 Å². The number of halogens is 1. The summed E-state index contributed by atoms with van der Waals surface area (Å²) < 4.78 is 26.0. The molecule has 0 saturated carbocycles. The smallest absolute Gasteiger partial charge is 0.270 e. The van der Waals surface area contributed by atoms with Crippen LogP contribution >= 0.6 is 33.6 Å².